The lowest BCUT2D eigenvalue weighted by molar-refractivity contribution is -0.132. The maximum Gasteiger partial charge on any atom is 0.236 e. The molecule has 2 fully saturated rings. The summed E-state index contributed by atoms with van der Waals surface area (Å²) in [6.07, 6.45) is 2.31. The van der Waals surface area contributed by atoms with Gasteiger partial charge in [-0.25, -0.2) is 0 Å². The average Bonchev–Trinajstić information content (AvgIpc) is 2.68. The van der Waals surface area contributed by atoms with Gasteiger partial charge in [0, 0.05) is 51.0 Å². The van der Waals surface area contributed by atoms with E-state index in [1.54, 1.807) is 7.11 Å². The van der Waals surface area contributed by atoms with Gasteiger partial charge >= 0.3 is 0 Å². The minimum absolute atomic E-state index is 0. The maximum absolute atomic E-state index is 12.1. The van der Waals surface area contributed by atoms with Crippen LogP contribution in [-0.2, 0) is 4.79 Å². The Bertz CT molecular complexity index is 565. The second-order valence-electron chi connectivity index (χ2n) is 6.89. The van der Waals surface area contributed by atoms with Gasteiger partial charge in [0.25, 0.3) is 0 Å². The van der Waals surface area contributed by atoms with Crippen molar-refractivity contribution < 1.29 is 9.53 Å². The standard InChI is InChI=1S/C19H30N4O2.2ClH/c1-20-14-19(24)23-9-3-4-17(15-23)22-12-10-21(11-13-22)16-5-7-18(25-2)8-6-16;;/h5-8,17,20H,3-4,9-15H2,1-2H3;2*1H. The van der Waals surface area contributed by atoms with Crippen molar-refractivity contribution >= 4 is 36.4 Å². The third kappa shape index (κ3) is 6.14. The minimum atomic E-state index is 0. The zero-order chi connectivity index (χ0) is 17.6. The molecule has 6 nitrogen and oxygen atoms in total. The van der Waals surface area contributed by atoms with E-state index >= 15 is 0 Å². The van der Waals surface area contributed by atoms with E-state index in [0.29, 0.717) is 12.6 Å². The molecule has 3 rings (SSSR count). The van der Waals surface area contributed by atoms with Crippen LogP contribution in [0.25, 0.3) is 0 Å². The van der Waals surface area contributed by atoms with Crippen molar-refractivity contribution in [3.63, 3.8) is 0 Å². The Balaban J connectivity index is 0.00000182. The summed E-state index contributed by atoms with van der Waals surface area (Å²) in [5, 5.41) is 2.97. The summed E-state index contributed by atoms with van der Waals surface area (Å²) in [7, 11) is 3.53. The lowest BCUT2D eigenvalue weighted by Crippen LogP contribution is -2.56. The topological polar surface area (TPSA) is 48.1 Å². The van der Waals surface area contributed by atoms with E-state index < -0.39 is 0 Å². The van der Waals surface area contributed by atoms with Crippen LogP contribution in [0.15, 0.2) is 24.3 Å². The van der Waals surface area contributed by atoms with E-state index in [2.05, 4.69) is 27.2 Å². The molecule has 2 saturated heterocycles. The van der Waals surface area contributed by atoms with Gasteiger partial charge in [-0.1, -0.05) is 0 Å². The highest BCUT2D eigenvalue weighted by atomic mass is 35.5. The molecule has 0 saturated carbocycles. The van der Waals surface area contributed by atoms with Crippen molar-refractivity contribution in [3.8, 4) is 5.75 Å². The molecule has 0 spiro atoms. The first-order valence-corrected chi connectivity index (χ1v) is 9.26. The summed E-state index contributed by atoms with van der Waals surface area (Å²) >= 11 is 0. The number of amides is 1. The number of halogens is 2. The van der Waals surface area contributed by atoms with Crippen LogP contribution < -0.4 is 15.0 Å². The zero-order valence-corrected chi connectivity index (χ0v) is 17.9. The average molecular weight is 419 g/mol. The lowest BCUT2D eigenvalue weighted by Gasteiger charge is -2.44. The molecular formula is C19H32Cl2N4O2. The van der Waals surface area contributed by atoms with Gasteiger partial charge in [0.2, 0.25) is 5.91 Å². The number of likely N-dealkylation sites (tertiary alicyclic amines) is 1. The molecule has 1 unspecified atom stereocenters. The number of piperidine rings is 1. The molecule has 1 N–H and O–H groups in total. The molecule has 1 aromatic rings. The van der Waals surface area contributed by atoms with Crippen molar-refractivity contribution in [1.29, 1.82) is 0 Å². The number of piperazine rings is 1. The number of benzene rings is 1. The molecule has 2 aliphatic heterocycles. The van der Waals surface area contributed by atoms with E-state index in [9.17, 15) is 4.79 Å². The lowest BCUT2D eigenvalue weighted by atomic mass is 10.0. The number of carbonyl (C=O) groups excluding carboxylic acids is 1. The number of carbonyl (C=O) groups is 1. The third-order valence-corrected chi connectivity index (χ3v) is 5.35. The highest BCUT2D eigenvalue weighted by Crippen LogP contribution is 2.23. The number of anilines is 1. The summed E-state index contributed by atoms with van der Waals surface area (Å²) in [5.41, 5.74) is 1.26. The Labute approximate surface area is 175 Å². The monoisotopic (exact) mass is 418 g/mol. The van der Waals surface area contributed by atoms with Gasteiger partial charge in [-0.3, -0.25) is 9.69 Å². The Morgan fingerprint density at radius 1 is 1.11 bits per heavy atom. The maximum atomic E-state index is 12.1. The molecule has 1 aromatic carbocycles. The number of nitrogens with one attached hydrogen (secondary N) is 1. The Hall–Kier alpha value is -1.21. The number of likely N-dealkylation sites (N-methyl/N-ethyl adjacent to an activating group) is 1. The molecule has 0 bridgehead atoms. The highest BCUT2D eigenvalue weighted by Gasteiger charge is 2.29. The smallest absolute Gasteiger partial charge is 0.236 e. The fraction of sp³-hybridized carbons (Fsp3) is 0.632. The second-order valence-corrected chi connectivity index (χ2v) is 6.89. The zero-order valence-electron chi connectivity index (χ0n) is 16.2. The number of hydrogen-bond acceptors (Lipinski definition) is 5. The molecule has 1 amide bonds. The SMILES string of the molecule is CNCC(=O)N1CCCC(N2CCN(c3ccc(OC)cc3)CC2)C1.Cl.Cl. The van der Waals surface area contributed by atoms with Crippen LogP contribution in [-0.4, -0.2) is 81.7 Å². The van der Waals surface area contributed by atoms with E-state index in [1.807, 2.05) is 24.1 Å². The van der Waals surface area contributed by atoms with Gasteiger partial charge in [-0.2, -0.15) is 0 Å². The number of rotatable bonds is 5. The van der Waals surface area contributed by atoms with Crippen LogP contribution in [0.5, 0.6) is 5.75 Å². The molecule has 1 atom stereocenters. The quantitative estimate of drug-likeness (QED) is 0.790. The summed E-state index contributed by atoms with van der Waals surface area (Å²) < 4.78 is 5.24. The fourth-order valence-electron chi connectivity index (χ4n) is 3.88. The summed E-state index contributed by atoms with van der Waals surface area (Å²) in [6, 6.07) is 8.82. The number of methoxy groups -OCH3 is 1. The molecule has 2 aliphatic rings. The Kier molecular flexibility index (Phi) is 10.2. The second kappa shape index (κ2) is 11.6. The Morgan fingerprint density at radius 2 is 1.78 bits per heavy atom. The van der Waals surface area contributed by atoms with Gasteiger partial charge in [0.1, 0.15) is 5.75 Å². The van der Waals surface area contributed by atoms with Crippen molar-refractivity contribution in [1.82, 2.24) is 15.1 Å². The van der Waals surface area contributed by atoms with Crippen molar-refractivity contribution in [2.75, 3.05) is 64.9 Å². The van der Waals surface area contributed by atoms with Gasteiger partial charge in [-0.05, 0) is 44.2 Å². The van der Waals surface area contributed by atoms with Crippen molar-refractivity contribution in [2.45, 2.75) is 18.9 Å². The normalized spacial score (nSPS) is 20.4. The molecule has 0 radical (unpaired) electrons. The molecule has 0 aromatic heterocycles. The van der Waals surface area contributed by atoms with Crippen LogP contribution in [0.2, 0.25) is 0 Å². The van der Waals surface area contributed by atoms with Crippen LogP contribution in [0.1, 0.15) is 12.8 Å². The number of hydrogen-bond donors (Lipinski definition) is 1. The first-order chi connectivity index (χ1) is 12.2. The third-order valence-electron chi connectivity index (χ3n) is 5.35. The highest BCUT2D eigenvalue weighted by molar-refractivity contribution is 5.85. The summed E-state index contributed by atoms with van der Waals surface area (Å²) in [6.45, 7) is 6.42. The van der Waals surface area contributed by atoms with Crippen molar-refractivity contribution in [3.05, 3.63) is 24.3 Å². The molecule has 0 aliphatic carbocycles. The van der Waals surface area contributed by atoms with Crippen LogP contribution in [0, 0.1) is 0 Å². The molecular weight excluding hydrogens is 387 g/mol. The van der Waals surface area contributed by atoms with E-state index in [-0.39, 0.29) is 30.7 Å². The summed E-state index contributed by atoms with van der Waals surface area (Å²) in [5.74, 6) is 1.12. The number of ether oxygens (including phenoxy) is 1. The minimum Gasteiger partial charge on any atom is -0.497 e. The first kappa shape index (κ1) is 23.8. The van der Waals surface area contributed by atoms with Gasteiger partial charge in [0.15, 0.2) is 0 Å². The fourth-order valence-corrected chi connectivity index (χ4v) is 3.88. The predicted molar refractivity (Wildman–Crippen MR) is 115 cm³/mol. The van der Waals surface area contributed by atoms with Crippen LogP contribution >= 0.6 is 24.8 Å². The van der Waals surface area contributed by atoms with Crippen molar-refractivity contribution in [2.24, 2.45) is 0 Å². The molecule has 27 heavy (non-hydrogen) atoms. The van der Waals surface area contributed by atoms with E-state index in [4.69, 9.17) is 4.74 Å². The first-order valence-electron chi connectivity index (χ1n) is 9.26. The number of nitrogens with zero attached hydrogens (tertiary/aromatic N) is 3. The summed E-state index contributed by atoms with van der Waals surface area (Å²) in [4.78, 5) is 19.2. The van der Waals surface area contributed by atoms with E-state index in [1.165, 1.54) is 12.1 Å². The van der Waals surface area contributed by atoms with Gasteiger partial charge in [0.05, 0.1) is 13.7 Å². The predicted octanol–water partition coefficient (Wildman–Crippen LogP) is 1.87. The molecule has 154 valence electrons. The van der Waals surface area contributed by atoms with E-state index in [0.717, 1.165) is 51.4 Å². The largest absolute Gasteiger partial charge is 0.497 e. The Morgan fingerprint density at radius 3 is 2.37 bits per heavy atom. The van der Waals surface area contributed by atoms with Crippen LogP contribution in [0.4, 0.5) is 5.69 Å². The van der Waals surface area contributed by atoms with Gasteiger partial charge < -0.3 is 19.9 Å². The van der Waals surface area contributed by atoms with Crippen LogP contribution in [0.3, 0.4) is 0 Å². The molecule has 2 heterocycles. The molecule has 8 heteroatoms. The van der Waals surface area contributed by atoms with Gasteiger partial charge in [-0.15, -0.1) is 24.8 Å².